The first-order valence-electron chi connectivity index (χ1n) is 6.52. The van der Waals surface area contributed by atoms with Crippen molar-refractivity contribution >= 4 is 11.9 Å². The van der Waals surface area contributed by atoms with Crippen LogP contribution in [0.2, 0.25) is 0 Å². The summed E-state index contributed by atoms with van der Waals surface area (Å²) in [6.07, 6.45) is 2.28. The number of nitrogens with zero attached hydrogens (tertiary/aromatic N) is 3. The maximum absolute atomic E-state index is 13.9. The molecule has 7 heteroatoms. The zero-order valence-corrected chi connectivity index (χ0v) is 12.2. The minimum absolute atomic E-state index is 0.0215. The van der Waals surface area contributed by atoms with E-state index in [9.17, 15) is 14.3 Å². The van der Waals surface area contributed by atoms with Gasteiger partial charge in [0.25, 0.3) is 0 Å². The van der Waals surface area contributed by atoms with Crippen LogP contribution in [0.4, 0.5) is 15.0 Å². The van der Waals surface area contributed by atoms with Crippen molar-refractivity contribution in [3.63, 3.8) is 0 Å². The Morgan fingerprint density at radius 2 is 2.24 bits per heavy atom. The number of carbonyl (C=O) groups excluding carboxylic acids is 1. The SMILES string of the molecule is CC(C)(C)OC(=O)N1CC(CO)=CN1c1ncccc1F. The largest absolute Gasteiger partial charge is 0.442 e. The Labute approximate surface area is 122 Å². The number of aliphatic hydroxyl groups excluding tert-OH is 1. The molecular weight excluding hydrogens is 277 g/mol. The fourth-order valence-corrected chi connectivity index (χ4v) is 1.83. The fraction of sp³-hybridized carbons (Fsp3) is 0.429. The molecule has 6 nitrogen and oxygen atoms in total. The third-order valence-electron chi connectivity index (χ3n) is 2.68. The summed E-state index contributed by atoms with van der Waals surface area (Å²) in [6.45, 7) is 5.12. The number of hydrogen-bond donors (Lipinski definition) is 1. The van der Waals surface area contributed by atoms with Gasteiger partial charge in [0.05, 0.1) is 13.2 Å². The van der Waals surface area contributed by atoms with Gasteiger partial charge in [0.2, 0.25) is 0 Å². The van der Waals surface area contributed by atoms with Crippen LogP contribution in [0.5, 0.6) is 0 Å². The summed E-state index contributed by atoms with van der Waals surface area (Å²) >= 11 is 0. The second-order valence-electron chi connectivity index (χ2n) is 5.64. The van der Waals surface area contributed by atoms with Crippen molar-refractivity contribution in [3.8, 4) is 0 Å². The van der Waals surface area contributed by atoms with Gasteiger partial charge in [-0.1, -0.05) is 0 Å². The Hall–Kier alpha value is -2.15. The molecule has 0 saturated carbocycles. The van der Waals surface area contributed by atoms with E-state index in [1.54, 1.807) is 20.8 Å². The molecule has 0 unspecified atom stereocenters. The van der Waals surface area contributed by atoms with Crippen molar-refractivity contribution in [1.82, 2.24) is 9.99 Å². The number of aromatic nitrogens is 1. The van der Waals surface area contributed by atoms with Gasteiger partial charge in [-0.05, 0) is 38.5 Å². The van der Waals surface area contributed by atoms with Gasteiger partial charge in [0.15, 0.2) is 11.6 Å². The molecule has 1 aliphatic heterocycles. The first kappa shape index (κ1) is 15.2. The molecule has 0 aromatic carbocycles. The average Bonchev–Trinajstić information content (AvgIpc) is 2.81. The molecule has 1 aromatic heterocycles. The molecule has 1 amide bonds. The van der Waals surface area contributed by atoms with Crippen molar-refractivity contribution < 1.29 is 19.0 Å². The third-order valence-corrected chi connectivity index (χ3v) is 2.68. The summed E-state index contributed by atoms with van der Waals surface area (Å²) in [5.74, 6) is -0.590. The molecule has 2 heterocycles. The van der Waals surface area contributed by atoms with E-state index in [4.69, 9.17) is 4.74 Å². The molecule has 0 atom stereocenters. The number of hydrazine groups is 1. The van der Waals surface area contributed by atoms with Crippen molar-refractivity contribution in [1.29, 1.82) is 0 Å². The maximum atomic E-state index is 13.9. The van der Waals surface area contributed by atoms with Gasteiger partial charge < -0.3 is 9.84 Å². The lowest BCUT2D eigenvalue weighted by Crippen LogP contribution is -2.44. The number of ether oxygens (including phenoxy) is 1. The maximum Gasteiger partial charge on any atom is 0.429 e. The Balaban J connectivity index is 2.29. The fourth-order valence-electron chi connectivity index (χ4n) is 1.83. The highest BCUT2D eigenvalue weighted by Crippen LogP contribution is 2.25. The van der Waals surface area contributed by atoms with E-state index in [2.05, 4.69) is 4.98 Å². The lowest BCUT2D eigenvalue weighted by Gasteiger charge is -2.30. The lowest BCUT2D eigenvalue weighted by atomic mass is 10.2. The quantitative estimate of drug-likeness (QED) is 0.904. The van der Waals surface area contributed by atoms with Crippen LogP contribution in [0, 0.1) is 5.82 Å². The number of carbonyl (C=O) groups is 1. The number of hydrogen-bond acceptors (Lipinski definition) is 5. The lowest BCUT2D eigenvalue weighted by molar-refractivity contribution is 0.0276. The summed E-state index contributed by atoms with van der Waals surface area (Å²) in [7, 11) is 0. The summed E-state index contributed by atoms with van der Waals surface area (Å²) in [4.78, 5) is 16.1. The third kappa shape index (κ3) is 3.49. The normalized spacial score (nSPS) is 15.2. The van der Waals surface area contributed by atoms with E-state index in [0.717, 1.165) is 0 Å². The minimum atomic E-state index is -0.673. The number of pyridine rings is 1. The van der Waals surface area contributed by atoms with Gasteiger partial charge >= 0.3 is 6.09 Å². The van der Waals surface area contributed by atoms with Gasteiger partial charge in [0.1, 0.15) is 5.60 Å². The molecule has 1 N–H and O–H groups in total. The minimum Gasteiger partial charge on any atom is -0.442 e. The molecule has 0 bridgehead atoms. The number of halogens is 1. The van der Waals surface area contributed by atoms with Crippen molar-refractivity contribution in [3.05, 3.63) is 35.9 Å². The van der Waals surface area contributed by atoms with E-state index in [1.165, 1.54) is 34.5 Å². The van der Waals surface area contributed by atoms with Crippen LogP contribution in [-0.2, 0) is 4.74 Å². The molecule has 114 valence electrons. The molecule has 1 aromatic rings. The van der Waals surface area contributed by atoms with Gasteiger partial charge in [-0.3, -0.25) is 0 Å². The Morgan fingerprint density at radius 1 is 1.52 bits per heavy atom. The molecule has 1 aliphatic rings. The number of aliphatic hydroxyl groups is 1. The van der Waals surface area contributed by atoms with Gasteiger partial charge in [0, 0.05) is 12.4 Å². The monoisotopic (exact) mass is 295 g/mol. The van der Waals surface area contributed by atoms with Crippen LogP contribution in [0.15, 0.2) is 30.1 Å². The van der Waals surface area contributed by atoms with Crippen molar-refractivity contribution in [2.75, 3.05) is 18.2 Å². The summed E-state index contributed by atoms with van der Waals surface area (Å²) in [6, 6.07) is 2.71. The highest BCUT2D eigenvalue weighted by atomic mass is 19.1. The smallest absolute Gasteiger partial charge is 0.429 e. The van der Waals surface area contributed by atoms with Crippen molar-refractivity contribution in [2.45, 2.75) is 26.4 Å². The van der Waals surface area contributed by atoms with Crippen LogP contribution in [-0.4, -0.2) is 39.9 Å². The number of amides is 1. The second kappa shape index (κ2) is 5.69. The number of rotatable bonds is 2. The first-order chi connectivity index (χ1) is 9.81. The van der Waals surface area contributed by atoms with Gasteiger partial charge in [-0.15, -0.1) is 0 Å². The highest BCUT2D eigenvalue weighted by Gasteiger charge is 2.33. The molecule has 0 saturated heterocycles. The van der Waals surface area contributed by atoms with E-state index in [-0.39, 0.29) is 19.0 Å². The van der Waals surface area contributed by atoms with E-state index < -0.39 is 17.5 Å². The molecule has 0 aliphatic carbocycles. The molecule has 0 fully saturated rings. The predicted molar refractivity (Wildman–Crippen MR) is 74.8 cm³/mol. The molecule has 0 spiro atoms. The Kier molecular flexibility index (Phi) is 4.13. The van der Waals surface area contributed by atoms with E-state index in [1.807, 2.05) is 0 Å². The van der Waals surface area contributed by atoms with Crippen LogP contribution < -0.4 is 5.01 Å². The van der Waals surface area contributed by atoms with Crippen LogP contribution in [0.1, 0.15) is 20.8 Å². The van der Waals surface area contributed by atoms with Crippen LogP contribution >= 0.6 is 0 Å². The second-order valence-corrected chi connectivity index (χ2v) is 5.64. The van der Waals surface area contributed by atoms with Crippen LogP contribution in [0.3, 0.4) is 0 Å². The average molecular weight is 295 g/mol. The van der Waals surface area contributed by atoms with Crippen molar-refractivity contribution in [2.24, 2.45) is 0 Å². The topological polar surface area (TPSA) is 65.9 Å². The zero-order chi connectivity index (χ0) is 15.6. The summed E-state index contributed by atoms with van der Waals surface area (Å²) < 4.78 is 19.2. The predicted octanol–water partition coefficient (Wildman–Crippen LogP) is 2.07. The van der Waals surface area contributed by atoms with E-state index >= 15 is 0 Å². The first-order valence-corrected chi connectivity index (χ1v) is 6.52. The summed E-state index contributed by atoms with van der Waals surface area (Å²) in [5, 5.41) is 11.7. The zero-order valence-electron chi connectivity index (χ0n) is 12.2. The standard InChI is InChI=1S/C14H18FN3O3/c1-14(2,3)21-13(20)18-8-10(9-19)7-17(18)12-11(15)5-4-6-16-12/h4-7,19H,8-9H2,1-3H3. The van der Waals surface area contributed by atoms with E-state index in [0.29, 0.717) is 5.57 Å². The Bertz CT molecular complexity index is 569. The highest BCUT2D eigenvalue weighted by molar-refractivity contribution is 5.73. The molecule has 2 rings (SSSR count). The number of anilines is 1. The molecular formula is C14H18FN3O3. The Morgan fingerprint density at radius 3 is 2.81 bits per heavy atom. The van der Waals surface area contributed by atoms with Gasteiger partial charge in [-0.25, -0.2) is 24.2 Å². The van der Waals surface area contributed by atoms with Crippen LogP contribution in [0.25, 0.3) is 0 Å². The molecule has 0 radical (unpaired) electrons. The van der Waals surface area contributed by atoms with Gasteiger partial charge in [-0.2, -0.15) is 0 Å². The molecule has 21 heavy (non-hydrogen) atoms. The summed E-state index contributed by atoms with van der Waals surface area (Å²) in [5.41, 5.74) is -0.112.